The number of hydrogen-bond donors (Lipinski definition) is 1. The second-order valence-electron chi connectivity index (χ2n) is 6.74. The summed E-state index contributed by atoms with van der Waals surface area (Å²) < 4.78 is 19.3. The number of benzene rings is 2. The first kappa shape index (κ1) is 17.0. The van der Waals surface area contributed by atoms with Crippen LogP contribution in [0.4, 0.5) is 10.1 Å². The highest BCUT2D eigenvalue weighted by atomic mass is 79.9. The van der Waals surface area contributed by atoms with Crippen LogP contribution in [0, 0.1) is 5.82 Å². The third-order valence-electron chi connectivity index (χ3n) is 4.50. The molecular weight excluding hydrogens is 373 g/mol. The molecule has 0 aliphatic carbocycles. The Hall–Kier alpha value is -1.88. The fourth-order valence-corrected chi connectivity index (χ4v) is 3.79. The molecular formula is C19H19BrFNO2. The number of halogens is 2. The highest BCUT2D eigenvalue weighted by Gasteiger charge is 2.34. The van der Waals surface area contributed by atoms with E-state index in [0.29, 0.717) is 5.56 Å². The predicted octanol–water partition coefficient (Wildman–Crippen LogP) is 5.21. The molecule has 0 amide bonds. The van der Waals surface area contributed by atoms with Crippen molar-refractivity contribution in [1.82, 2.24) is 0 Å². The van der Waals surface area contributed by atoms with Crippen molar-refractivity contribution in [2.45, 2.75) is 31.7 Å². The van der Waals surface area contributed by atoms with Gasteiger partial charge in [-0.25, -0.2) is 9.18 Å². The summed E-state index contributed by atoms with van der Waals surface area (Å²) >= 11 is 3.35. The van der Waals surface area contributed by atoms with Crippen LogP contribution in [-0.4, -0.2) is 13.1 Å². The molecule has 3 rings (SSSR count). The van der Waals surface area contributed by atoms with E-state index >= 15 is 0 Å². The summed E-state index contributed by atoms with van der Waals surface area (Å²) in [5.74, 6) is -0.601. The van der Waals surface area contributed by atoms with Crippen LogP contribution in [0.5, 0.6) is 0 Å². The van der Waals surface area contributed by atoms with Crippen LogP contribution in [-0.2, 0) is 10.2 Å². The van der Waals surface area contributed by atoms with E-state index in [2.05, 4.69) is 35.1 Å². The van der Waals surface area contributed by atoms with E-state index in [9.17, 15) is 9.18 Å². The minimum Gasteiger partial charge on any atom is -0.465 e. The molecule has 1 aliphatic heterocycles. The molecule has 24 heavy (non-hydrogen) atoms. The van der Waals surface area contributed by atoms with E-state index in [4.69, 9.17) is 4.74 Å². The number of anilines is 1. The van der Waals surface area contributed by atoms with Gasteiger partial charge in [0.25, 0.3) is 0 Å². The molecule has 1 heterocycles. The lowest BCUT2D eigenvalue weighted by Crippen LogP contribution is -2.31. The van der Waals surface area contributed by atoms with E-state index in [0.717, 1.165) is 27.7 Å². The van der Waals surface area contributed by atoms with Gasteiger partial charge < -0.3 is 10.1 Å². The summed E-state index contributed by atoms with van der Waals surface area (Å²) in [6, 6.07) is 10.5. The van der Waals surface area contributed by atoms with Crippen molar-refractivity contribution < 1.29 is 13.9 Å². The van der Waals surface area contributed by atoms with Gasteiger partial charge in [-0.1, -0.05) is 29.8 Å². The average molecular weight is 392 g/mol. The minimum atomic E-state index is -0.343. The molecule has 5 heteroatoms. The minimum absolute atomic E-state index is 0.00322. The SMILES string of the molecule is COC(=O)c1ccc2c(c1)C(C)(C)CC(c1cc(F)cc(Br)c1)N2. The number of esters is 1. The molecule has 0 saturated heterocycles. The molecule has 2 aromatic rings. The standard InChI is InChI=1S/C19H19BrFNO2/c1-19(2)10-17(12-6-13(20)9-14(21)7-12)22-16-5-4-11(8-15(16)19)18(23)24-3/h4-9,17,22H,10H2,1-3H3. The van der Waals surface area contributed by atoms with Gasteiger partial charge in [0, 0.05) is 10.2 Å². The Morgan fingerprint density at radius 1 is 1.29 bits per heavy atom. The fourth-order valence-electron chi connectivity index (χ4n) is 3.31. The van der Waals surface area contributed by atoms with Gasteiger partial charge in [-0.05, 0) is 59.4 Å². The number of methoxy groups -OCH3 is 1. The summed E-state index contributed by atoms with van der Waals surface area (Å²) in [7, 11) is 1.38. The smallest absolute Gasteiger partial charge is 0.337 e. The molecule has 1 N–H and O–H groups in total. The van der Waals surface area contributed by atoms with Gasteiger partial charge in [-0.15, -0.1) is 0 Å². The molecule has 0 fully saturated rings. The number of nitrogens with one attached hydrogen (secondary N) is 1. The van der Waals surface area contributed by atoms with Crippen molar-refractivity contribution in [2.75, 3.05) is 12.4 Å². The Labute approximate surface area is 149 Å². The summed E-state index contributed by atoms with van der Waals surface area (Å²) in [5, 5.41) is 3.47. The Kier molecular flexibility index (Phi) is 4.38. The van der Waals surface area contributed by atoms with Crippen molar-refractivity contribution in [3.63, 3.8) is 0 Å². The quantitative estimate of drug-likeness (QED) is 0.714. The second kappa shape index (κ2) is 6.20. The van der Waals surface area contributed by atoms with Gasteiger partial charge in [0.1, 0.15) is 5.82 Å². The molecule has 0 aromatic heterocycles. The first-order chi connectivity index (χ1) is 11.3. The van der Waals surface area contributed by atoms with Gasteiger partial charge in [0.2, 0.25) is 0 Å². The van der Waals surface area contributed by atoms with E-state index in [1.165, 1.54) is 13.2 Å². The highest BCUT2D eigenvalue weighted by Crippen LogP contribution is 2.44. The first-order valence-corrected chi connectivity index (χ1v) is 8.55. The summed E-state index contributed by atoms with van der Waals surface area (Å²) in [5.41, 5.74) is 3.31. The number of carbonyl (C=O) groups is 1. The molecule has 0 bridgehead atoms. The number of rotatable bonds is 2. The van der Waals surface area contributed by atoms with Gasteiger partial charge in [-0.2, -0.15) is 0 Å². The molecule has 1 unspecified atom stereocenters. The van der Waals surface area contributed by atoms with E-state index in [1.54, 1.807) is 12.1 Å². The van der Waals surface area contributed by atoms with Gasteiger partial charge >= 0.3 is 5.97 Å². The van der Waals surface area contributed by atoms with E-state index in [-0.39, 0.29) is 23.2 Å². The Morgan fingerprint density at radius 2 is 2.04 bits per heavy atom. The zero-order chi connectivity index (χ0) is 17.5. The molecule has 1 aliphatic rings. The van der Waals surface area contributed by atoms with Crippen LogP contribution in [0.1, 0.15) is 47.8 Å². The molecule has 0 radical (unpaired) electrons. The van der Waals surface area contributed by atoms with Crippen LogP contribution in [0.3, 0.4) is 0 Å². The third-order valence-corrected chi connectivity index (χ3v) is 4.96. The highest BCUT2D eigenvalue weighted by molar-refractivity contribution is 9.10. The lowest BCUT2D eigenvalue weighted by Gasteiger charge is -2.39. The van der Waals surface area contributed by atoms with Gasteiger partial charge in [0.05, 0.1) is 18.7 Å². The maximum absolute atomic E-state index is 13.7. The zero-order valence-electron chi connectivity index (χ0n) is 13.8. The summed E-state index contributed by atoms with van der Waals surface area (Å²) in [6.45, 7) is 4.27. The number of hydrogen-bond acceptors (Lipinski definition) is 3. The maximum Gasteiger partial charge on any atom is 0.337 e. The number of ether oxygens (including phenoxy) is 1. The van der Waals surface area contributed by atoms with Crippen molar-refractivity contribution >= 4 is 27.6 Å². The monoisotopic (exact) mass is 391 g/mol. The molecule has 126 valence electrons. The molecule has 1 atom stereocenters. The maximum atomic E-state index is 13.7. The van der Waals surface area contributed by atoms with Crippen molar-refractivity contribution in [3.8, 4) is 0 Å². The van der Waals surface area contributed by atoms with Crippen LogP contribution in [0.15, 0.2) is 40.9 Å². The zero-order valence-corrected chi connectivity index (χ0v) is 15.4. The molecule has 0 saturated carbocycles. The third kappa shape index (κ3) is 3.18. The lowest BCUT2D eigenvalue weighted by atomic mass is 9.73. The van der Waals surface area contributed by atoms with Gasteiger partial charge in [-0.3, -0.25) is 0 Å². The van der Waals surface area contributed by atoms with Crippen molar-refractivity contribution in [3.05, 3.63) is 63.4 Å². The summed E-state index contributed by atoms with van der Waals surface area (Å²) in [4.78, 5) is 11.8. The second-order valence-corrected chi connectivity index (χ2v) is 7.66. The molecule has 0 spiro atoms. The van der Waals surface area contributed by atoms with Crippen LogP contribution < -0.4 is 5.32 Å². The van der Waals surface area contributed by atoms with Gasteiger partial charge in [0.15, 0.2) is 0 Å². The Morgan fingerprint density at radius 3 is 2.71 bits per heavy atom. The topological polar surface area (TPSA) is 38.3 Å². The van der Waals surface area contributed by atoms with Crippen LogP contribution >= 0.6 is 15.9 Å². The fraction of sp³-hybridized carbons (Fsp3) is 0.316. The van der Waals surface area contributed by atoms with E-state index in [1.807, 2.05) is 18.2 Å². The number of carbonyl (C=O) groups excluding carboxylic acids is 1. The summed E-state index contributed by atoms with van der Waals surface area (Å²) in [6.07, 6.45) is 0.792. The normalized spacial score (nSPS) is 18.5. The largest absolute Gasteiger partial charge is 0.465 e. The Balaban J connectivity index is 2.00. The predicted molar refractivity (Wildman–Crippen MR) is 95.9 cm³/mol. The molecule has 3 nitrogen and oxygen atoms in total. The van der Waals surface area contributed by atoms with E-state index < -0.39 is 0 Å². The Bertz CT molecular complexity index is 784. The molecule has 2 aromatic carbocycles. The number of fused-ring (bicyclic) bond motifs is 1. The lowest BCUT2D eigenvalue weighted by molar-refractivity contribution is 0.0600. The van der Waals surface area contributed by atoms with Crippen molar-refractivity contribution in [1.29, 1.82) is 0 Å². The van der Waals surface area contributed by atoms with Crippen LogP contribution in [0.25, 0.3) is 0 Å². The average Bonchev–Trinajstić information content (AvgIpc) is 2.52. The first-order valence-electron chi connectivity index (χ1n) is 7.75. The van der Waals surface area contributed by atoms with Crippen molar-refractivity contribution in [2.24, 2.45) is 0 Å². The van der Waals surface area contributed by atoms with Crippen LogP contribution in [0.2, 0.25) is 0 Å².